The Kier molecular flexibility index (Phi) is 9.19. The molecule has 0 aromatic heterocycles. The fourth-order valence-corrected chi connectivity index (χ4v) is 3.35. The molecule has 12 nitrogen and oxygen atoms in total. The second kappa shape index (κ2) is 12.7. The Morgan fingerprint density at radius 1 is 1.00 bits per heavy atom. The molecule has 37 heavy (non-hydrogen) atoms. The van der Waals surface area contributed by atoms with Gasteiger partial charge in [-0.15, -0.1) is 5.11 Å². The molecule has 0 fully saturated rings. The van der Waals surface area contributed by atoms with E-state index in [0.717, 1.165) is 11.4 Å². The molecule has 12 heteroatoms. The maximum Gasteiger partial charge on any atom is 0.303 e. The van der Waals surface area contributed by atoms with E-state index in [1.807, 2.05) is 36.2 Å². The highest BCUT2D eigenvalue weighted by Crippen LogP contribution is 2.39. The summed E-state index contributed by atoms with van der Waals surface area (Å²) in [5, 5.41) is 27.9. The van der Waals surface area contributed by atoms with Crippen molar-refractivity contribution in [1.29, 1.82) is 0 Å². The lowest BCUT2D eigenvalue weighted by atomic mass is 10.2. The average molecular weight is 509 g/mol. The van der Waals surface area contributed by atoms with Crippen molar-refractivity contribution in [3.05, 3.63) is 70.8 Å². The minimum absolute atomic E-state index is 0.0291. The molecule has 0 saturated carbocycles. The van der Waals surface area contributed by atoms with Crippen LogP contribution >= 0.6 is 0 Å². The standard InChI is InChI=1S/C25H28N6O6/c1-30(14-4-5-25(32)33)19-10-6-17(7-11-19)26-28-21-15-24(37-3)22(16-23(21)36-2)29-27-18-8-12-20(13-9-18)31(34)35/h6-13,15-16,26,28H,4-5,14H2,1-3H3,(H,32,33). The van der Waals surface area contributed by atoms with Gasteiger partial charge in [0.2, 0.25) is 0 Å². The van der Waals surface area contributed by atoms with Gasteiger partial charge in [0.1, 0.15) is 17.2 Å². The van der Waals surface area contributed by atoms with Gasteiger partial charge >= 0.3 is 5.97 Å². The van der Waals surface area contributed by atoms with Crippen molar-refractivity contribution in [1.82, 2.24) is 0 Å². The lowest BCUT2D eigenvalue weighted by Gasteiger charge is -2.20. The number of azo groups is 1. The third kappa shape index (κ3) is 7.56. The van der Waals surface area contributed by atoms with E-state index in [-0.39, 0.29) is 12.1 Å². The Morgan fingerprint density at radius 3 is 2.27 bits per heavy atom. The predicted molar refractivity (Wildman–Crippen MR) is 141 cm³/mol. The largest absolute Gasteiger partial charge is 0.494 e. The van der Waals surface area contributed by atoms with Crippen LogP contribution < -0.4 is 25.2 Å². The number of carbonyl (C=O) groups is 1. The van der Waals surface area contributed by atoms with E-state index in [1.54, 1.807) is 12.1 Å². The van der Waals surface area contributed by atoms with Gasteiger partial charge in [-0.3, -0.25) is 20.3 Å². The van der Waals surface area contributed by atoms with Crippen LogP contribution in [0.1, 0.15) is 12.8 Å². The lowest BCUT2D eigenvalue weighted by Crippen LogP contribution is -2.19. The number of carboxylic acids is 1. The molecule has 3 rings (SSSR count). The van der Waals surface area contributed by atoms with Crippen molar-refractivity contribution < 1.29 is 24.3 Å². The molecule has 0 bridgehead atoms. The summed E-state index contributed by atoms with van der Waals surface area (Å²) in [6.07, 6.45) is 0.703. The second-order valence-corrected chi connectivity index (χ2v) is 7.91. The van der Waals surface area contributed by atoms with Gasteiger partial charge in [0.25, 0.3) is 5.69 Å². The van der Waals surface area contributed by atoms with Crippen molar-refractivity contribution in [3.63, 3.8) is 0 Å². The lowest BCUT2D eigenvalue weighted by molar-refractivity contribution is -0.384. The van der Waals surface area contributed by atoms with E-state index < -0.39 is 10.9 Å². The van der Waals surface area contributed by atoms with Gasteiger partial charge in [0, 0.05) is 50.0 Å². The highest BCUT2D eigenvalue weighted by Gasteiger charge is 2.12. The average Bonchev–Trinajstić information content (AvgIpc) is 2.90. The zero-order chi connectivity index (χ0) is 26.8. The summed E-state index contributed by atoms with van der Waals surface area (Å²) in [7, 11) is 4.95. The molecule has 0 spiro atoms. The third-order valence-corrected chi connectivity index (χ3v) is 5.37. The number of methoxy groups -OCH3 is 2. The van der Waals surface area contributed by atoms with Gasteiger partial charge in [-0.1, -0.05) is 0 Å². The first-order chi connectivity index (χ1) is 17.8. The molecule has 0 amide bonds. The number of carboxylic acid groups (broad SMARTS) is 1. The molecule has 0 radical (unpaired) electrons. The molecular weight excluding hydrogens is 480 g/mol. The molecule has 3 aromatic carbocycles. The van der Waals surface area contributed by atoms with Crippen LogP contribution in [0.15, 0.2) is 70.9 Å². The molecule has 3 N–H and O–H groups in total. The Labute approximate surface area is 213 Å². The zero-order valence-electron chi connectivity index (χ0n) is 20.7. The summed E-state index contributed by atoms with van der Waals surface area (Å²) in [5.41, 5.74) is 9.41. The first-order valence-electron chi connectivity index (χ1n) is 11.3. The highest BCUT2D eigenvalue weighted by atomic mass is 16.6. The minimum Gasteiger partial charge on any atom is -0.494 e. The van der Waals surface area contributed by atoms with Gasteiger partial charge < -0.3 is 24.9 Å². The fraction of sp³-hybridized carbons (Fsp3) is 0.240. The molecule has 0 heterocycles. The molecule has 0 atom stereocenters. The number of hydrogen-bond donors (Lipinski definition) is 3. The topological polar surface area (TPSA) is 151 Å². The summed E-state index contributed by atoms with van der Waals surface area (Å²) >= 11 is 0. The molecular formula is C25H28N6O6. The number of rotatable bonds is 13. The first kappa shape index (κ1) is 26.7. The van der Waals surface area contributed by atoms with Gasteiger partial charge in [0.15, 0.2) is 0 Å². The number of anilines is 3. The normalized spacial score (nSPS) is 10.7. The summed E-state index contributed by atoms with van der Waals surface area (Å²) in [4.78, 5) is 23.0. The quantitative estimate of drug-likeness (QED) is 0.148. The number of aliphatic carboxylic acids is 1. The number of hydrazine groups is 1. The summed E-state index contributed by atoms with van der Waals surface area (Å²) in [6, 6.07) is 16.7. The molecule has 0 aliphatic heterocycles. The van der Waals surface area contributed by atoms with Gasteiger partial charge in [0.05, 0.1) is 36.2 Å². The van der Waals surface area contributed by atoms with Crippen LogP contribution in [0.2, 0.25) is 0 Å². The van der Waals surface area contributed by atoms with Crippen LogP contribution in [0.4, 0.5) is 34.1 Å². The van der Waals surface area contributed by atoms with Crippen molar-refractivity contribution in [2.75, 3.05) is 43.6 Å². The number of nitrogens with one attached hydrogen (secondary N) is 2. The molecule has 0 aliphatic rings. The second-order valence-electron chi connectivity index (χ2n) is 7.91. The van der Waals surface area contributed by atoms with E-state index in [9.17, 15) is 14.9 Å². The van der Waals surface area contributed by atoms with E-state index in [4.69, 9.17) is 14.6 Å². The number of nitrogens with zero attached hydrogens (tertiary/aromatic N) is 4. The smallest absolute Gasteiger partial charge is 0.303 e. The fourth-order valence-electron chi connectivity index (χ4n) is 3.35. The van der Waals surface area contributed by atoms with Crippen LogP contribution in [-0.4, -0.2) is 43.8 Å². The van der Waals surface area contributed by atoms with Crippen molar-refractivity contribution in [3.8, 4) is 11.5 Å². The molecule has 3 aromatic rings. The maximum absolute atomic E-state index is 10.8. The van der Waals surface area contributed by atoms with Gasteiger partial charge in [-0.2, -0.15) is 5.11 Å². The minimum atomic E-state index is -0.799. The summed E-state index contributed by atoms with van der Waals surface area (Å²) in [5.74, 6) is 0.126. The van der Waals surface area contributed by atoms with Crippen molar-refractivity contribution >= 4 is 40.1 Å². The van der Waals surface area contributed by atoms with Crippen molar-refractivity contribution in [2.24, 2.45) is 10.2 Å². The maximum atomic E-state index is 10.8. The Bertz CT molecular complexity index is 1250. The van der Waals surface area contributed by atoms with Crippen molar-refractivity contribution in [2.45, 2.75) is 12.8 Å². The van der Waals surface area contributed by atoms with Gasteiger partial charge in [-0.05, 0) is 42.8 Å². The number of non-ortho nitro benzene ring substituents is 1. The number of benzene rings is 3. The number of nitro groups is 1. The van der Waals surface area contributed by atoms with E-state index in [0.29, 0.717) is 41.5 Å². The SMILES string of the molecule is COc1cc(NNc2ccc(N(C)CCCC(=O)O)cc2)c(OC)cc1N=Nc1ccc([N+](=O)[O-])cc1. The molecule has 0 aliphatic carbocycles. The number of ether oxygens (including phenoxy) is 2. The molecule has 194 valence electrons. The van der Waals surface area contributed by atoms with Crippen LogP contribution in [0.5, 0.6) is 11.5 Å². The molecule has 0 unspecified atom stereocenters. The van der Waals surface area contributed by atoms with Gasteiger partial charge in [-0.25, -0.2) is 0 Å². The molecule has 0 saturated heterocycles. The summed E-state index contributed by atoms with van der Waals surface area (Å²) in [6.45, 7) is 0.641. The van der Waals surface area contributed by atoms with E-state index in [2.05, 4.69) is 21.1 Å². The number of hydrogen-bond acceptors (Lipinski definition) is 10. The van der Waals surface area contributed by atoms with E-state index in [1.165, 1.54) is 38.5 Å². The Hall–Kier alpha value is -4.87. The highest BCUT2D eigenvalue weighted by molar-refractivity contribution is 5.70. The Morgan fingerprint density at radius 2 is 1.68 bits per heavy atom. The third-order valence-electron chi connectivity index (χ3n) is 5.37. The van der Waals surface area contributed by atoms with Crippen LogP contribution in [0.25, 0.3) is 0 Å². The zero-order valence-corrected chi connectivity index (χ0v) is 20.7. The summed E-state index contributed by atoms with van der Waals surface area (Å²) < 4.78 is 10.9. The number of nitro benzene ring substituents is 1. The first-order valence-corrected chi connectivity index (χ1v) is 11.3. The van der Waals surface area contributed by atoms with Crippen LogP contribution in [0, 0.1) is 10.1 Å². The van der Waals surface area contributed by atoms with Crippen LogP contribution in [-0.2, 0) is 4.79 Å². The Balaban J connectivity index is 1.68. The van der Waals surface area contributed by atoms with E-state index >= 15 is 0 Å². The predicted octanol–water partition coefficient (Wildman–Crippen LogP) is 5.77. The monoisotopic (exact) mass is 508 g/mol. The van der Waals surface area contributed by atoms with Crippen LogP contribution in [0.3, 0.4) is 0 Å².